The van der Waals surface area contributed by atoms with E-state index >= 15 is 0 Å². The third-order valence-corrected chi connectivity index (χ3v) is 2.79. The molecule has 3 heteroatoms. The predicted octanol–water partition coefficient (Wildman–Crippen LogP) is 1.17. The van der Waals surface area contributed by atoms with Gasteiger partial charge in [-0.2, -0.15) is 0 Å². The van der Waals surface area contributed by atoms with Crippen LogP contribution >= 0.6 is 0 Å². The number of hydrogen-bond acceptors (Lipinski definition) is 3. The normalized spacial score (nSPS) is 12.6. The minimum atomic E-state index is -0.184. The van der Waals surface area contributed by atoms with E-state index in [1.54, 1.807) is 7.11 Å². The predicted molar refractivity (Wildman–Crippen MR) is 61.2 cm³/mol. The molecule has 0 spiro atoms. The summed E-state index contributed by atoms with van der Waals surface area (Å²) in [5.41, 5.74) is 9.22. The van der Waals surface area contributed by atoms with Crippen molar-refractivity contribution >= 4 is 0 Å². The van der Waals surface area contributed by atoms with Crippen LogP contribution in [0.2, 0.25) is 0 Å². The molecular weight excluding hydrogens is 190 g/mol. The second-order valence-corrected chi connectivity index (χ2v) is 3.82. The lowest BCUT2D eigenvalue weighted by atomic mass is 9.97. The Labute approximate surface area is 90.9 Å². The number of aliphatic hydroxyl groups is 1. The fraction of sp³-hybridized carbons (Fsp3) is 0.500. The van der Waals surface area contributed by atoms with Gasteiger partial charge < -0.3 is 15.6 Å². The Morgan fingerprint density at radius 2 is 2.00 bits per heavy atom. The molecule has 1 aromatic rings. The molecule has 0 aliphatic heterocycles. The number of methoxy groups -OCH3 is 1. The van der Waals surface area contributed by atoms with E-state index in [9.17, 15) is 0 Å². The quantitative estimate of drug-likeness (QED) is 0.782. The summed E-state index contributed by atoms with van der Waals surface area (Å²) in [5, 5.41) is 8.91. The highest BCUT2D eigenvalue weighted by atomic mass is 16.5. The molecule has 0 aliphatic carbocycles. The molecule has 3 N–H and O–H groups in total. The topological polar surface area (TPSA) is 55.5 Å². The van der Waals surface area contributed by atoms with E-state index in [1.165, 1.54) is 11.1 Å². The lowest BCUT2D eigenvalue weighted by Crippen LogP contribution is -2.27. The van der Waals surface area contributed by atoms with Crippen molar-refractivity contribution in [2.24, 2.45) is 5.73 Å². The Morgan fingerprint density at radius 3 is 2.53 bits per heavy atom. The zero-order valence-electron chi connectivity index (χ0n) is 9.58. The van der Waals surface area contributed by atoms with E-state index in [4.69, 9.17) is 15.6 Å². The van der Waals surface area contributed by atoms with Gasteiger partial charge in [0, 0.05) is 6.04 Å². The summed E-state index contributed by atoms with van der Waals surface area (Å²) in [6.07, 6.45) is 0.702. The molecule has 0 heterocycles. The largest absolute Gasteiger partial charge is 0.496 e. The third-order valence-electron chi connectivity index (χ3n) is 2.79. The minimum absolute atomic E-state index is 0.0184. The van der Waals surface area contributed by atoms with Gasteiger partial charge in [0.1, 0.15) is 5.75 Å². The molecule has 15 heavy (non-hydrogen) atoms. The Morgan fingerprint density at radius 1 is 1.33 bits per heavy atom. The monoisotopic (exact) mass is 209 g/mol. The highest BCUT2D eigenvalue weighted by Crippen LogP contribution is 2.24. The molecule has 0 bridgehead atoms. The smallest absolute Gasteiger partial charge is 0.122 e. The molecule has 0 saturated carbocycles. The lowest BCUT2D eigenvalue weighted by molar-refractivity contribution is 0.265. The summed E-state index contributed by atoms with van der Waals surface area (Å²) < 4.78 is 5.23. The maximum atomic E-state index is 8.91. The second-order valence-electron chi connectivity index (χ2n) is 3.82. The average Bonchev–Trinajstić information content (AvgIpc) is 2.25. The van der Waals surface area contributed by atoms with Crippen molar-refractivity contribution in [1.82, 2.24) is 0 Å². The molecule has 0 amide bonds. The molecule has 0 saturated heterocycles. The maximum Gasteiger partial charge on any atom is 0.122 e. The summed E-state index contributed by atoms with van der Waals surface area (Å²) in [6, 6.07) is 3.77. The summed E-state index contributed by atoms with van der Waals surface area (Å²) in [4.78, 5) is 0. The van der Waals surface area contributed by atoms with Crippen molar-refractivity contribution in [3.8, 4) is 5.75 Å². The van der Waals surface area contributed by atoms with Crippen LogP contribution in [0.15, 0.2) is 12.1 Å². The molecule has 0 fully saturated rings. The molecule has 3 nitrogen and oxygen atoms in total. The number of nitrogens with two attached hydrogens (primary N) is 1. The van der Waals surface area contributed by atoms with Crippen molar-refractivity contribution in [2.75, 3.05) is 13.7 Å². The summed E-state index contributed by atoms with van der Waals surface area (Å²) in [5.74, 6) is 0.897. The molecule has 84 valence electrons. The van der Waals surface area contributed by atoms with Crippen LogP contribution in [0.4, 0.5) is 0 Å². The SMILES string of the molecule is COc1ccc(CC(N)CO)c(C)c1C. The fourth-order valence-corrected chi connectivity index (χ4v) is 1.64. The molecule has 1 rings (SSSR count). The molecule has 1 unspecified atom stereocenters. The lowest BCUT2D eigenvalue weighted by Gasteiger charge is -2.14. The van der Waals surface area contributed by atoms with Gasteiger partial charge in [-0.1, -0.05) is 6.07 Å². The number of ether oxygens (including phenoxy) is 1. The third kappa shape index (κ3) is 2.70. The Bertz CT molecular complexity index is 337. The van der Waals surface area contributed by atoms with Crippen molar-refractivity contribution in [1.29, 1.82) is 0 Å². The molecule has 0 radical (unpaired) electrons. The number of rotatable bonds is 4. The average molecular weight is 209 g/mol. The van der Waals surface area contributed by atoms with Gasteiger partial charge >= 0.3 is 0 Å². The van der Waals surface area contributed by atoms with Gasteiger partial charge in [-0.15, -0.1) is 0 Å². The summed E-state index contributed by atoms with van der Waals surface area (Å²) in [7, 11) is 1.67. The maximum absolute atomic E-state index is 8.91. The second kappa shape index (κ2) is 5.14. The molecule has 0 aromatic heterocycles. The molecule has 0 aliphatic rings. The van der Waals surface area contributed by atoms with Crippen molar-refractivity contribution in [2.45, 2.75) is 26.3 Å². The van der Waals surface area contributed by atoms with Gasteiger partial charge in [-0.05, 0) is 43.0 Å². The van der Waals surface area contributed by atoms with Gasteiger partial charge in [0.2, 0.25) is 0 Å². The summed E-state index contributed by atoms with van der Waals surface area (Å²) in [6.45, 7) is 4.10. The Balaban J connectivity index is 2.96. The zero-order chi connectivity index (χ0) is 11.4. The van der Waals surface area contributed by atoms with Crippen LogP contribution < -0.4 is 10.5 Å². The molecule has 1 aromatic carbocycles. The molecule has 1 atom stereocenters. The van der Waals surface area contributed by atoms with E-state index < -0.39 is 0 Å². The van der Waals surface area contributed by atoms with E-state index in [0.29, 0.717) is 6.42 Å². The van der Waals surface area contributed by atoms with Crippen LogP contribution in [-0.4, -0.2) is 24.9 Å². The van der Waals surface area contributed by atoms with Gasteiger partial charge in [0.25, 0.3) is 0 Å². The first-order chi connectivity index (χ1) is 7.10. The van der Waals surface area contributed by atoms with Crippen LogP contribution in [0.25, 0.3) is 0 Å². The van der Waals surface area contributed by atoms with Crippen molar-refractivity contribution in [3.63, 3.8) is 0 Å². The molecular formula is C12H19NO2. The van der Waals surface area contributed by atoms with Crippen LogP contribution in [0, 0.1) is 13.8 Å². The zero-order valence-corrected chi connectivity index (χ0v) is 9.58. The van der Waals surface area contributed by atoms with Crippen LogP contribution in [0.5, 0.6) is 5.75 Å². The Hall–Kier alpha value is -1.06. The first kappa shape index (κ1) is 12.0. The van der Waals surface area contributed by atoms with E-state index in [0.717, 1.165) is 11.3 Å². The van der Waals surface area contributed by atoms with Gasteiger partial charge in [-0.25, -0.2) is 0 Å². The van der Waals surface area contributed by atoms with Crippen molar-refractivity contribution in [3.05, 3.63) is 28.8 Å². The van der Waals surface area contributed by atoms with Gasteiger partial charge in [0.05, 0.1) is 13.7 Å². The van der Waals surface area contributed by atoms with E-state index in [1.807, 2.05) is 19.1 Å². The van der Waals surface area contributed by atoms with Crippen LogP contribution in [0.1, 0.15) is 16.7 Å². The van der Waals surface area contributed by atoms with E-state index in [2.05, 4.69) is 6.92 Å². The van der Waals surface area contributed by atoms with Gasteiger partial charge in [0.15, 0.2) is 0 Å². The number of hydrogen-bond donors (Lipinski definition) is 2. The Kier molecular flexibility index (Phi) is 4.12. The number of aliphatic hydroxyl groups excluding tert-OH is 1. The fourth-order valence-electron chi connectivity index (χ4n) is 1.64. The number of benzene rings is 1. The highest BCUT2D eigenvalue weighted by molar-refractivity contribution is 5.43. The first-order valence-corrected chi connectivity index (χ1v) is 5.09. The van der Waals surface area contributed by atoms with Crippen molar-refractivity contribution < 1.29 is 9.84 Å². The summed E-state index contributed by atoms with van der Waals surface area (Å²) >= 11 is 0. The van der Waals surface area contributed by atoms with Crippen LogP contribution in [-0.2, 0) is 6.42 Å². The van der Waals surface area contributed by atoms with E-state index in [-0.39, 0.29) is 12.6 Å². The minimum Gasteiger partial charge on any atom is -0.496 e. The van der Waals surface area contributed by atoms with Crippen LogP contribution in [0.3, 0.4) is 0 Å². The van der Waals surface area contributed by atoms with Gasteiger partial charge in [-0.3, -0.25) is 0 Å². The highest BCUT2D eigenvalue weighted by Gasteiger charge is 2.09. The first-order valence-electron chi connectivity index (χ1n) is 5.09. The standard InChI is InChI=1S/C12H19NO2/c1-8-9(2)12(15-3)5-4-10(8)6-11(13)7-14/h4-5,11,14H,6-7,13H2,1-3H3.